The highest BCUT2D eigenvalue weighted by Gasteiger charge is 2.53. The van der Waals surface area contributed by atoms with Gasteiger partial charge in [0.1, 0.15) is 20.0 Å². The lowest BCUT2D eigenvalue weighted by Crippen LogP contribution is -2.58. The van der Waals surface area contributed by atoms with E-state index in [-0.39, 0.29) is 10.8 Å². The van der Waals surface area contributed by atoms with Crippen molar-refractivity contribution in [1.29, 1.82) is 0 Å². The van der Waals surface area contributed by atoms with Crippen LogP contribution in [0.2, 0.25) is 0 Å². The molecular formula is C33H49BrN2Si. The van der Waals surface area contributed by atoms with Crippen LogP contribution in [0.4, 0.5) is 5.69 Å². The molecule has 2 nitrogen and oxygen atoms in total. The van der Waals surface area contributed by atoms with E-state index >= 15 is 0 Å². The first-order valence-electron chi connectivity index (χ1n) is 15.0. The van der Waals surface area contributed by atoms with Crippen LogP contribution in [0.1, 0.15) is 129 Å². The number of nitrogens with zero attached hydrogens (tertiary/aromatic N) is 2. The Labute approximate surface area is 236 Å². The number of aromatic nitrogens is 1. The minimum atomic E-state index is -1.19. The summed E-state index contributed by atoms with van der Waals surface area (Å²) in [7, 11) is -1.19. The number of rotatable bonds is 7. The van der Waals surface area contributed by atoms with Crippen LogP contribution in [-0.2, 0) is 21.7 Å². The summed E-state index contributed by atoms with van der Waals surface area (Å²) in [4.78, 5) is 2.54. The second-order valence-electron chi connectivity index (χ2n) is 13.6. The predicted octanol–water partition coefficient (Wildman–Crippen LogP) is 7.69. The molecule has 5 rings (SSSR count). The van der Waals surface area contributed by atoms with Crippen molar-refractivity contribution in [2.24, 2.45) is 0 Å². The number of hydrogen-bond donors (Lipinski definition) is 0. The number of fused-ring (bicyclic) bond motifs is 2. The summed E-state index contributed by atoms with van der Waals surface area (Å²) in [5.41, 5.74) is 9.10. The van der Waals surface area contributed by atoms with Gasteiger partial charge in [-0.15, -0.1) is 5.19 Å². The van der Waals surface area contributed by atoms with Gasteiger partial charge in [0.2, 0.25) is 0 Å². The van der Waals surface area contributed by atoms with Crippen molar-refractivity contribution in [3.05, 3.63) is 52.8 Å². The molecule has 3 aliphatic rings. The van der Waals surface area contributed by atoms with E-state index in [1.807, 2.05) is 0 Å². The highest BCUT2D eigenvalue weighted by molar-refractivity contribution is 9.24. The number of halogens is 1. The van der Waals surface area contributed by atoms with E-state index in [0.29, 0.717) is 10.8 Å². The lowest BCUT2D eigenvalue weighted by molar-refractivity contribution is -0.529. The minimum absolute atomic E-state index is 0.186. The van der Waals surface area contributed by atoms with Crippen LogP contribution < -0.4 is 14.3 Å². The summed E-state index contributed by atoms with van der Waals surface area (Å²) in [5, 5.41) is 1.68. The molecular weight excluding hydrogens is 532 g/mol. The maximum absolute atomic E-state index is 4.43. The second-order valence-corrected chi connectivity index (χ2v) is 17.5. The molecule has 0 unspecified atom stereocenters. The number of benzene rings is 1. The van der Waals surface area contributed by atoms with Crippen molar-refractivity contribution >= 4 is 33.7 Å². The van der Waals surface area contributed by atoms with E-state index < -0.39 is 7.58 Å². The van der Waals surface area contributed by atoms with Crippen LogP contribution in [-0.4, -0.2) is 20.7 Å². The van der Waals surface area contributed by atoms with Gasteiger partial charge in [0.25, 0.3) is 0 Å². The van der Waals surface area contributed by atoms with Crippen molar-refractivity contribution in [2.75, 3.05) is 18.0 Å². The molecule has 0 N–H and O–H groups in total. The quantitative estimate of drug-likeness (QED) is 0.240. The van der Waals surface area contributed by atoms with Gasteiger partial charge < -0.3 is 9.13 Å². The maximum Gasteiger partial charge on any atom is 0.148 e. The molecule has 0 amide bonds. The van der Waals surface area contributed by atoms with E-state index in [1.54, 1.807) is 27.4 Å². The second kappa shape index (κ2) is 9.50. The van der Waals surface area contributed by atoms with Gasteiger partial charge >= 0.3 is 0 Å². The largest absolute Gasteiger partial charge is 0.390 e. The summed E-state index contributed by atoms with van der Waals surface area (Å²) in [6, 6.07) is 7.48. The summed E-state index contributed by atoms with van der Waals surface area (Å²) in [6.07, 6.45) is 14.8. The molecule has 2 aliphatic carbocycles. The molecule has 0 saturated carbocycles. The normalized spacial score (nSPS) is 22.2. The molecule has 0 spiro atoms. The average Bonchev–Trinajstić information content (AvgIpc) is 3.57. The number of anilines is 1. The molecule has 1 saturated heterocycles. The SMILES string of the molecule is CCC1(CC)CC(C)(C)c2c1cc1c(c2[Si-](Br)[n+]2ccc(N3CCCC3)cc2)C(C)(C)CC1(CC)CC. The van der Waals surface area contributed by atoms with Gasteiger partial charge in [-0.1, -0.05) is 72.6 Å². The van der Waals surface area contributed by atoms with Crippen molar-refractivity contribution in [1.82, 2.24) is 0 Å². The highest BCUT2D eigenvalue weighted by Crippen LogP contribution is 2.59. The van der Waals surface area contributed by atoms with Gasteiger partial charge in [0.15, 0.2) is 0 Å². The Bertz CT molecular complexity index is 1100. The van der Waals surface area contributed by atoms with Gasteiger partial charge in [0.05, 0.1) is 0 Å². The summed E-state index contributed by atoms with van der Waals surface area (Å²) < 4.78 is 2.53. The van der Waals surface area contributed by atoms with Crippen molar-refractivity contribution in [2.45, 2.75) is 128 Å². The van der Waals surface area contributed by atoms with E-state index in [1.165, 1.54) is 70.1 Å². The van der Waals surface area contributed by atoms with E-state index in [2.05, 4.69) is 110 Å². The van der Waals surface area contributed by atoms with Gasteiger partial charge in [-0.3, -0.25) is 0 Å². The lowest BCUT2D eigenvalue weighted by Gasteiger charge is -2.35. The lowest BCUT2D eigenvalue weighted by atomic mass is 9.72. The van der Waals surface area contributed by atoms with Crippen LogP contribution in [0.15, 0.2) is 30.6 Å². The van der Waals surface area contributed by atoms with Crippen molar-refractivity contribution < 1.29 is 4.23 Å². The molecule has 0 radical (unpaired) electrons. The molecule has 0 bridgehead atoms. The molecule has 2 aromatic rings. The Morgan fingerprint density at radius 2 is 1.22 bits per heavy atom. The average molecular weight is 582 g/mol. The predicted molar refractivity (Wildman–Crippen MR) is 164 cm³/mol. The molecule has 37 heavy (non-hydrogen) atoms. The fourth-order valence-corrected chi connectivity index (χ4v) is 12.7. The Morgan fingerprint density at radius 3 is 1.62 bits per heavy atom. The van der Waals surface area contributed by atoms with E-state index in [9.17, 15) is 0 Å². The molecule has 2 heterocycles. The van der Waals surface area contributed by atoms with Crippen LogP contribution in [0.5, 0.6) is 0 Å². The fourth-order valence-electron chi connectivity index (χ4n) is 8.82. The summed E-state index contributed by atoms with van der Waals surface area (Å²) >= 11 is 4.43. The molecule has 1 aromatic heterocycles. The Hall–Kier alpha value is -1.13. The minimum Gasteiger partial charge on any atom is -0.390 e. The zero-order valence-electron chi connectivity index (χ0n) is 24.7. The first kappa shape index (κ1) is 27.4. The monoisotopic (exact) mass is 580 g/mol. The van der Waals surface area contributed by atoms with E-state index in [0.717, 1.165) is 0 Å². The van der Waals surface area contributed by atoms with Gasteiger partial charge in [0, 0.05) is 30.9 Å². The molecule has 1 fully saturated rings. The van der Waals surface area contributed by atoms with Crippen molar-refractivity contribution in [3.63, 3.8) is 0 Å². The molecule has 1 aliphatic heterocycles. The standard InChI is InChI=1S/C33H49BrN2Si/c1-9-32(10-2)22-30(5,6)27-25(32)21-26-28(31(7,8)23-33(26,11-3)12-4)29(27)37(34)36-19-15-24(16-20-36)35-17-13-14-18-35/h15-16,19-21H,9-14,17-18,22-23H2,1-8H3. The zero-order valence-corrected chi connectivity index (χ0v) is 27.3. The fraction of sp³-hybridized carbons (Fsp3) is 0.667. The van der Waals surface area contributed by atoms with Crippen LogP contribution in [0.25, 0.3) is 0 Å². The summed E-state index contributed by atoms with van der Waals surface area (Å²) in [6.45, 7) is 22.3. The number of hydrogen-bond acceptors (Lipinski definition) is 1. The van der Waals surface area contributed by atoms with Crippen LogP contribution in [0, 0.1) is 0 Å². The molecule has 4 heteroatoms. The topological polar surface area (TPSA) is 7.12 Å². The molecule has 1 aromatic carbocycles. The zero-order chi connectivity index (χ0) is 26.8. The van der Waals surface area contributed by atoms with Crippen LogP contribution >= 0.6 is 15.3 Å². The first-order valence-corrected chi connectivity index (χ1v) is 18.7. The van der Waals surface area contributed by atoms with Crippen LogP contribution in [0.3, 0.4) is 0 Å². The van der Waals surface area contributed by atoms with Crippen molar-refractivity contribution in [3.8, 4) is 0 Å². The third kappa shape index (κ3) is 4.10. The Kier molecular flexibility index (Phi) is 7.05. The van der Waals surface area contributed by atoms with E-state index in [4.69, 9.17) is 0 Å². The third-order valence-electron chi connectivity index (χ3n) is 10.8. The number of pyridine rings is 1. The third-order valence-corrected chi connectivity index (χ3v) is 14.9. The Balaban J connectivity index is 1.77. The molecule has 202 valence electrons. The van der Waals surface area contributed by atoms with Gasteiger partial charge in [-0.2, -0.15) is 0 Å². The highest BCUT2D eigenvalue weighted by atomic mass is 79.9. The smallest absolute Gasteiger partial charge is 0.148 e. The van der Waals surface area contributed by atoms with Gasteiger partial charge in [-0.25, -0.2) is 15.3 Å². The maximum atomic E-state index is 4.43. The summed E-state index contributed by atoms with van der Waals surface area (Å²) in [5.74, 6) is 0. The molecule has 0 atom stereocenters. The Morgan fingerprint density at radius 1 is 0.784 bits per heavy atom. The first-order chi connectivity index (χ1) is 17.5. The van der Waals surface area contributed by atoms with Gasteiger partial charge in [-0.05, 0) is 84.2 Å².